The second-order valence-electron chi connectivity index (χ2n) is 8.77. The summed E-state index contributed by atoms with van der Waals surface area (Å²) in [5.74, 6) is -1.54. The molecule has 0 unspecified atom stereocenters. The standard InChI is InChI=1S/C28H22F2N4O4S/c1-38-26-10-8-17(15-31-26)21-11-18(20-5-3-4-6-22(20)29)13-24(27(21)30)33-28(35)25-12-16-7-9-19(14-23(16)32-25)34-39(2,36)37/h3-15,32,34H,1-2H3,(H,33,35). The Labute approximate surface area is 222 Å². The van der Waals surface area contributed by atoms with Crippen molar-refractivity contribution in [1.82, 2.24) is 9.97 Å². The molecule has 5 aromatic rings. The first kappa shape index (κ1) is 25.9. The van der Waals surface area contributed by atoms with E-state index in [1.54, 1.807) is 54.6 Å². The number of carbonyl (C=O) groups excluding carboxylic acids is 1. The number of ether oxygens (including phenoxy) is 1. The van der Waals surface area contributed by atoms with Crippen molar-refractivity contribution in [2.24, 2.45) is 0 Å². The minimum absolute atomic E-state index is 0.106. The van der Waals surface area contributed by atoms with Crippen molar-refractivity contribution in [3.05, 3.63) is 96.3 Å². The third kappa shape index (κ3) is 5.58. The maximum Gasteiger partial charge on any atom is 0.272 e. The molecule has 1 amide bonds. The fourth-order valence-corrected chi connectivity index (χ4v) is 4.71. The predicted octanol–water partition coefficient (Wildman–Crippen LogP) is 5.81. The van der Waals surface area contributed by atoms with E-state index in [1.807, 2.05) is 0 Å². The summed E-state index contributed by atoms with van der Waals surface area (Å²) in [5.41, 5.74) is 1.86. The molecule has 0 atom stereocenters. The second kappa shape index (κ2) is 10.2. The highest BCUT2D eigenvalue weighted by Crippen LogP contribution is 2.35. The molecule has 0 radical (unpaired) electrons. The van der Waals surface area contributed by atoms with E-state index >= 15 is 4.39 Å². The van der Waals surface area contributed by atoms with Crippen molar-refractivity contribution in [2.45, 2.75) is 0 Å². The van der Waals surface area contributed by atoms with E-state index in [-0.39, 0.29) is 22.5 Å². The lowest BCUT2D eigenvalue weighted by atomic mass is 9.97. The molecule has 3 aromatic carbocycles. The summed E-state index contributed by atoms with van der Waals surface area (Å²) in [4.78, 5) is 20.2. The number of pyridine rings is 1. The zero-order valence-electron chi connectivity index (χ0n) is 20.7. The zero-order valence-corrected chi connectivity index (χ0v) is 21.6. The Morgan fingerprint density at radius 1 is 0.949 bits per heavy atom. The molecule has 0 saturated heterocycles. The van der Waals surface area contributed by atoms with Gasteiger partial charge in [0.2, 0.25) is 15.9 Å². The Kier molecular flexibility index (Phi) is 6.75. The molecule has 39 heavy (non-hydrogen) atoms. The van der Waals surface area contributed by atoms with Crippen LogP contribution in [0.1, 0.15) is 10.5 Å². The first-order valence-electron chi connectivity index (χ1n) is 11.6. The van der Waals surface area contributed by atoms with E-state index in [0.29, 0.717) is 33.6 Å². The Bertz CT molecular complexity index is 1820. The van der Waals surface area contributed by atoms with Gasteiger partial charge in [0.05, 0.1) is 24.7 Å². The SMILES string of the molecule is COc1ccc(-c2cc(-c3ccccc3F)cc(NC(=O)c3cc4ccc(NS(C)(=O)=O)cc4[nH]3)c2F)cn1. The Morgan fingerprint density at radius 2 is 1.74 bits per heavy atom. The molecule has 11 heteroatoms. The number of nitrogens with one attached hydrogen (secondary N) is 3. The summed E-state index contributed by atoms with van der Waals surface area (Å²) in [7, 11) is -2.02. The van der Waals surface area contributed by atoms with Gasteiger partial charge in [-0.1, -0.05) is 24.3 Å². The molecule has 0 aliphatic carbocycles. The second-order valence-corrected chi connectivity index (χ2v) is 10.5. The van der Waals surface area contributed by atoms with Gasteiger partial charge in [0.1, 0.15) is 11.5 Å². The summed E-state index contributed by atoms with van der Waals surface area (Å²) >= 11 is 0. The zero-order chi connectivity index (χ0) is 27.7. The van der Waals surface area contributed by atoms with E-state index < -0.39 is 27.6 Å². The van der Waals surface area contributed by atoms with Crippen LogP contribution in [0.3, 0.4) is 0 Å². The van der Waals surface area contributed by atoms with Gasteiger partial charge in [-0.15, -0.1) is 0 Å². The summed E-state index contributed by atoms with van der Waals surface area (Å²) < 4.78 is 61.0. The number of benzene rings is 3. The number of anilines is 2. The minimum Gasteiger partial charge on any atom is -0.481 e. The summed E-state index contributed by atoms with van der Waals surface area (Å²) in [6.45, 7) is 0. The van der Waals surface area contributed by atoms with Gasteiger partial charge in [-0.25, -0.2) is 22.2 Å². The number of carbonyl (C=O) groups is 1. The number of amides is 1. The van der Waals surface area contributed by atoms with Crippen LogP contribution in [0.25, 0.3) is 33.2 Å². The number of H-pyrrole nitrogens is 1. The van der Waals surface area contributed by atoms with Crippen LogP contribution in [0.15, 0.2) is 79.0 Å². The molecule has 8 nitrogen and oxygen atoms in total. The number of halogens is 2. The van der Waals surface area contributed by atoms with E-state index in [4.69, 9.17) is 4.74 Å². The number of aromatic nitrogens is 2. The Morgan fingerprint density at radius 3 is 2.44 bits per heavy atom. The number of aromatic amines is 1. The van der Waals surface area contributed by atoms with Crippen LogP contribution in [-0.4, -0.2) is 37.7 Å². The number of sulfonamides is 1. The van der Waals surface area contributed by atoms with Crippen LogP contribution < -0.4 is 14.8 Å². The molecule has 2 heterocycles. The summed E-state index contributed by atoms with van der Waals surface area (Å²) in [5, 5.41) is 3.22. The highest BCUT2D eigenvalue weighted by atomic mass is 32.2. The Hall–Kier alpha value is -4.77. The molecule has 0 aliphatic heterocycles. The van der Waals surface area contributed by atoms with Gasteiger partial charge in [0, 0.05) is 39.9 Å². The van der Waals surface area contributed by atoms with Gasteiger partial charge in [-0.2, -0.15) is 0 Å². The number of hydrogen-bond donors (Lipinski definition) is 3. The van der Waals surface area contributed by atoms with Crippen LogP contribution in [0.4, 0.5) is 20.2 Å². The van der Waals surface area contributed by atoms with Crippen LogP contribution in [0.2, 0.25) is 0 Å². The average molecular weight is 549 g/mol. The van der Waals surface area contributed by atoms with Crippen LogP contribution >= 0.6 is 0 Å². The number of rotatable bonds is 7. The maximum absolute atomic E-state index is 15.8. The van der Waals surface area contributed by atoms with Gasteiger partial charge >= 0.3 is 0 Å². The molecule has 0 aliphatic rings. The normalized spacial score (nSPS) is 11.4. The first-order valence-corrected chi connectivity index (χ1v) is 13.5. The van der Waals surface area contributed by atoms with Gasteiger partial charge in [-0.3, -0.25) is 9.52 Å². The van der Waals surface area contributed by atoms with E-state index in [2.05, 4.69) is 20.0 Å². The third-order valence-electron chi connectivity index (χ3n) is 5.93. The van der Waals surface area contributed by atoms with Crippen molar-refractivity contribution in [1.29, 1.82) is 0 Å². The lowest BCUT2D eigenvalue weighted by Crippen LogP contribution is -2.14. The van der Waals surface area contributed by atoms with Gasteiger partial charge in [-0.05, 0) is 48.0 Å². The monoisotopic (exact) mass is 548 g/mol. The number of hydrogen-bond acceptors (Lipinski definition) is 5. The third-order valence-corrected chi connectivity index (χ3v) is 6.54. The molecule has 5 rings (SSSR count). The topological polar surface area (TPSA) is 113 Å². The average Bonchev–Trinajstić information content (AvgIpc) is 3.33. The Balaban J connectivity index is 1.54. The molecule has 0 fully saturated rings. The lowest BCUT2D eigenvalue weighted by Gasteiger charge is -2.14. The fraction of sp³-hybridized carbons (Fsp3) is 0.0714. The largest absolute Gasteiger partial charge is 0.481 e. The summed E-state index contributed by atoms with van der Waals surface area (Å²) in [6.07, 6.45) is 2.46. The molecular formula is C28H22F2N4O4S. The van der Waals surface area contributed by atoms with E-state index in [9.17, 15) is 17.6 Å². The lowest BCUT2D eigenvalue weighted by molar-refractivity contribution is 0.102. The summed E-state index contributed by atoms with van der Waals surface area (Å²) in [6, 6.07) is 18.4. The van der Waals surface area contributed by atoms with Crippen LogP contribution in [0.5, 0.6) is 5.88 Å². The molecule has 0 spiro atoms. The fourth-order valence-electron chi connectivity index (χ4n) is 4.15. The van der Waals surface area contributed by atoms with Crippen LogP contribution in [-0.2, 0) is 10.0 Å². The van der Waals surface area contributed by atoms with Crippen molar-refractivity contribution in [3.63, 3.8) is 0 Å². The van der Waals surface area contributed by atoms with E-state index in [0.717, 1.165) is 6.26 Å². The maximum atomic E-state index is 15.8. The number of nitrogens with zero attached hydrogens (tertiary/aromatic N) is 1. The quantitative estimate of drug-likeness (QED) is 0.238. The predicted molar refractivity (Wildman–Crippen MR) is 146 cm³/mol. The van der Waals surface area contributed by atoms with Gasteiger partial charge in [0.15, 0.2) is 5.82 Å². The van der Waals surface area contributed by atoms with Crippen molar-refractivity contribution in [3.8, 4) is 28.1 Å². The van der Waals surface area contributed by atoms with Crippen molar-refractivity contribution >= 4 is 38.2 Å². The van der Waals surface area contributed by atoms with E-state index in [1.165, 1.54) is 31.5 Å². The number of fused-ring (bicyclic) bond motifs is 1. The molecule has 0 bridgehead atoms. The molecule has 2 aromatic heterocycles. The smallest absolute Gasteiger partial charge is 0.272 e. The molecular weight excluding hydrogens is 526 g/mol. The minimum atomic E-state index is -3.48. The molecule has 0 saturated carbocycles. The van der Waals surface area contributed by atoms with Crippen molar-refractivity contribution in [2.75, 3.05) is 23.4 Å². The first-order chi connectivity index (χ1) is 18.6. The molecule has 198 valence electrons. The van der Waals surface area contributed by atoms with Crippen LogP contribution in [0, 0.1) is 11.6 Å². The van der Waals surface area contributed by atoms with Gasteiger partial charge in [0.25, 0.3) is 5.91 Å². The van der Waals surface area contributed by atoms with Crippen molar-refractivity contribution < 1.29 is 26.7 Å². The van der Waals surface area contributed by atoms with Gasteiger partial charge < -0.3 is 15.0 Å². The number of methoxy groups -OCH3 is 1. The highest BCUT2D eigenvalue weighted by Gasteiger charge is 2.19. The molecule has 3 N–H and O–H groups in total. The highest BCUT2D eigenvalue weighted by molar-refractivity contribution is 7.92.